The fraction of sp³-hybridized carbons (Fsp3) is 0.467. The van der Waals surface area contributed by atoms with Crippen LogP contribution in [0.3, 0.4) is 0 Å². The highest BCUT2D eigenvalue weighted by Crippen LogP contribution is 2.21. The molecule has 1 rings (SSSR count). The summed E-state index contributed by atoms with van der Waals surface area (Å²) in [6, 6.07) is 3.42. The first kappa shape index (κ1) is 14.7. The Balaban J connectivity index is 2.77. The van der Waals surface area contributed by atoms with E-state index >= 15 is 0 Å². The van der Waals surface area contributed by atoms with Crippen LogP contribution >= 0.6 is 0 Å². The molecule has 0 amide bonds. The summed E-state index contributed by atoms with van der Waals surface area (Å²) in [7, 11) is 0. The maximum atomic E-state index is 13.1. The average Bonchev–Trinajstić information content (AvgIpc) is 2.32. The lowest BCUT2D eigenvalue weighted by molar-refractivity contribution is 0.172. The van der Waals surface area contributed by atoms with E-state index in [1.54, 1.807) is 13.0 Å². The lowest BCUT2D eigenvalue weighted by Gasteiger charge is -2.17. The molecule has 0 aliphatic heterocycles. The molecule has 18 heavy (non-hydrogen) atoms. The predicted molar refractivity (Wildman–Crippen MR) is 70.1 cm³/mol. The second kappa shape index (κ2) is 7.14. The third kappa shape index (κ3) is 4.47. The van der Waals surface area contributed by atoms with Crippen LogP contribution in [0.4, 0.5) is 8.78 Å². The molecule has 0 aliphatic rings. The molecule has 1 aromatic carbocycles. The van der Waals surface area contributed by atoms with Crippen LogP contribution < -0.4 is 0 Å². The van der Waals surface area contributed by atoms with Crippen molar-refractivity contribution in [3.05, 3.63) is 41.5 Å². The Labute approximate surface area is 107 Å². The van der Waals surface area contributed by atoms with E-state index in [-0.39, 0.29) is 6.10 Å². The largest absolute Gasteiger partial charge is 0.490 e. The van der Waals surface area contributed by atoms with Crippen LogP contribution in [0, 0.1) is 11.6 Å². The van der Waals surface area contributed by atoms with Crippen LogP contribution in [0.25, 0.3) is 5.76 Å². The van der Waals surface area contributed by atoms with Crippen molar-refractivity contribution in [2.24, 2.45) is 0 Å². The van der Waals surface area contributed by atoms with Crippen molar-refractivity contribution in [1.82, 2.24) is 0 Å². The van der Waals surface area contributed by atoms with Crippen molar-refractivity contribution in [3.63, 3.8) is 0 Å². The summed E-state index contributed by atoms with van der Waals surface area (Å²) >= 11 is 0. The molecule has 0 bridgehead atoms. The van der Waals surface area contributed by atoms with Gasteiger partial charge in [0.05, 0.1) is 6.10 Å². The van der Waals surface area contributed by atoms with Gasteiger partial charge >= 0.3 is 0 Å². The summed E-state index contributed by atoms with van der Waals surface area (Å²) in [6.07, 6.45) is 4.90. The number of unbranched alkanes of at least 4 members (excludes halogenated alkanes) is 1. The van der Waals surface area contributed by atoms with E-state index in [4.69, 9.17) is 4.74 Å². The van der Waals surface area contributed by atoms with Gasteiger partial charge in [-0.05, 0) is 38.5 Å². The summed E-state index contributed by atoms with van der Waals surface area (Å²) in [4.78, 5) is 0. The lowest BCUT2D eigenvalue weighted by Crippen LogP contribution is -2.07. The normalized spacial score (nSPS) is 13.5. The van der Waals surface area contributed by atoms with Crippen molar-refractivity contribution in [2.75, 3.05) is 0 Å². The van der Waals surface area contributed by atoms with Gasteiger partial charge in [-0.2, -0.15) is 0 Å². The van der Waals surface area contributed by atoms with Crippen molar-refractivity contribution < 1.29 is 13.5 Å². The Morgan fingerprint density at radius 2 is 1.89 bits per heavy atom. The molecule has 0 fully saturated rings. The molecule has 0 aromatic heterocycles. The number of rotatable bonds is 6. The van der Waals surface area contributed by atoms with Gasteiger partial charge in [-0.25, -0.2) is 8.78 Å². The van der Waals surface area contributed by atoms with Crippen molar-refractivity contribution in [3.8, 4) is 0 Å². The molecule has 1 nitrogen and oxygen atoms in total. The molecule has 0 N–H and O–H groups in total. The summed E-state index contributed by atoms with van der Waals surface area (Å²) < 4.78 is 32.0. The number of ether oxygens (including phenoxy) is 1. The van der Waals surface area contributed by atoms with Crippen molar-refractivity contribution in [2.45, 2.75) is 46.1 Å². The van der Waals surface area contributed by atoms with E-state index in [1.165, 1.54) is 12.1 Å². The van der Waals surface area contributed by atoms with Crippen LogP contribution in [-0.2, 0) is 4.74 Å². The number of benzene rings is 1. The molecule has 0 spiro atoms. The molecular formula is C15H20F2O. The quantitative estimate of drug-likeness (QED) is 0.655. The number of allylic oxidation sites excluding steroid dienone is 1. The van der Waals surface area contributed by atoms with Crippen LogP contribution in [-0.4, -0.2) is 6.10 Å². The summed E-state index contributed by atoms with van der Waals surface area (Å²) in [6.45, 7) is 5.88. The molecule has 0 heterocycles. The maximum absolute atomic E-state index is 13.1. The zero-order valence-corrected chi connectivity index (χ0v) is 11.2. The fourth-order valence-electron chi connectivity index (χ4n) is 1.77. The monoisotopic (exact) mass is 254 g/mol. The van der Waals surface area contributed by atoms with Crippen molar-refractivity contribution in [1.29, 1.82) is 0 Å². The van der Waals surface area contributed by atoms with E-state index in [1.807, 2.05) is 6.92 Å². The Morgan fingerprint density at radius 3 is 2.39 bits per heavy atom. The summed E-state index contributed by atoms with van der Waals surface area (Å²) in [5.41, 5.74) is 0.443. The van der Waals surface area contributed by atoms with Gasteiger partial charge in [0.15, 0.2) is 0 Å². The van der Waals surface area contributed by atoms with Gasteiger partial charge in [0.1, 0.15) is 17.4 Å². The van der Waals surface area contributed by atoms with Gasteiger partial charge in [0, 0.05) is 11.6 Å². The molecule has 0 saturated heterocycles. The minimum absolute atomic E-state index is 0.0440. The lowest BCUT2D eigenvalue weighted by atomic mass is 10.1. The standard InChI is InChI=1S/C15H20F2O/c1-4-6-7-11(3)18-15(5-2)12-8-13(16)10-14(17)9-12/h5,8-11H,4,6-7H2,1-3H3. The number of hydrogen-bond donors (Lipinski definition) is 0. The van der Waals surface area contributed by atoms with Crippen LogP contribution in [0.1, 0.15) is 45.6 Å². The smallest absolute Gasteiger partial charge is 0.126 e. The van der Waals surface area contributed by atoms with Gasteiger partial charge in [0.25, 0.3) is 0 Å². The molecule has 0 aliphatic carbocycles. The molecule has 100 valence electrons. The third-order valence-electron chi connectivity index (χ3n) is 2.70. The minimum atomic E-state index is -0.589. The second-order valence-electron chi connectivity index (χ2n) is 4.38. The first-order valence-corrected chi connectivity index (χ1v) is 6.36. The van der Waals surface area contributed by atoms with Gasteiger partial charge in [-0.15, -0.1) is 0 Å². The molecule has 3 heteroatoms. The summed E-state index contributed by atoms with van der Waals surface area (Å²) in [5.74, 6) is -0.652. The number of halogens is 2. The molecule has 0 saturated carbocycles. The van der Waals surface area contributed by atoms with E-state index < -0.39 is 11.6 Å². The van der Waals surface area contributed by atoms with E-state index in [0.29, 0.717) is 11.3 Å². The Bertz CT molecular complexity index is 393. The molecule has 1 aromatic rings. The minimum Gasteiger partial charge on any atom is -0.490 e. The summed E-state index contributed by atoms with van der Waals surface area (Å²) in [5, 5.41) is 0. The maximum Gasteiger partial charge on any atom is 0.126 e. The van der Waals surface area contributed by atoms with Gasteiger partial charge in [-0.3, -0.25) is 0 Å². The molecular weight excluding hydrogens is 234 g/mol. The highest BCUT2D eigenvalue weighted by Gasteiger charge is 2.10. The van der Waals surface area contributed by atoms with E-state index in [2.05, 4.69) is 6.92 Å². The molecule has 1 unspecified atom stereocenters. The van der Waals surface area contributed by atoms with Crippen LogP contribution in [0.2, 0.25) is 0 Å². The van der Waals surface area contributed by atoms with Crippen molar-refractivity contribution >= 4 is 5.76 Å². The molecule has 0 radical (unpaired) electrons. The highest BCUT2D eigenvalue weighted by atomic mass is 19.1. The van der Waals surface area contributed by atoms with E-state index in [9.17, 15) is 8.78 Å². The van der Waals surface area contributed by atoms with Crippen LogP contribution in [0.15, 0.2) is 24.3 Å². The Hall–Kier alpha value is -1.38. The number of hydrogen-bond acceptors (Lipinski definition) is 1. The first-order chi connectivity index (χ1) is 8.56. The topological polar surface area (TPSA) is 9.23 Å². The molecule has 1 atom stereocenters. The average molecular weight is 254 g/mol. The zero-order chi connectivity index (χ0) is 13.5. The predicted octanol–water partition coefficient (Wildman–Crippen LogP) is 4.92. The van der Waals surface area contributed by atoms with Gasteiger partial charge in [-0.1, -0.05) is 19.8 Å². The van der Waals surface area contributed by atoms with Crippen LogP contribution in [0.5, 0.6) is 0 Å². The first-order valence-electron chi connectivity index (χ1n) is 6.36. The second-order valence-corrected chi connectivity index (χ2v) is 4.38. The Morgan fingerprint density at radius 1 is 1.28 bits per heavy atom. The van der Waals surface area contributed by atoms with Gasteiger partial charge in [0.2, 0.25) is 0 Å². The SMILES string of the molecule is CC=C(OC(C)CCCC)c1cc(F)cc(F)c1. The Kier molecular flexibility index (Phi) is 5.83. The van der Waals surface area contributed by atoms with E-state index in [0.717, 1.165) is 25.3 Å². The highest BCUT2D eigenvalue weighted by molar-refractivity contribution is 5.59. The third-order valence-corrected chi connectivity index (χ3v) is 2.70. The van der Waals surface area contributed by atoms with Gasteiger partial charge < -0.3 is 4.74 Å². The zero-order valence-electron chi connectivity index (χ0n) is 11.2. The fourth-order valence-corrected chi connectivity index (χ4v) is 1.77.